The molecule has 0 bridgehead atoms. The highest BCUT2D eigenvalue weighted by molar-refractivity contribution is 5.31. The van der Waals surface area contributed by atoms with E-state index in [1.807, 2.05) is 37.3 Å². The molecular weight excluding hydrogens is 202 g/mol. The summed E-state index contributed by atoms with van der Waals surface area (Å²) in [6.07, 6.45) is 0.158. The predicted octanol–water partition coefficient (Wildman–Crippen LogP) is 2.48. The molecule has 3 heteroatoms. The molecule has 0 N–H and O–H groups in total. The van der Waals surface area contributed by atoms with Gasteiger partial charge in [0.1, 0.15) is 0 Å². The molecule has 1 aromatic carbocycles. The Balaban J connectivity index is 2.91. The van der Waals surface area contributed by atoms with Crippen molar-refractivity contribution in [2.45, 2.75) is 25.0 Å². The fourth-order valence-corrected chi connectivity index (χ4v) is 1.63. The minimum atomic E-state index is -0.585. The summed E-state index contributed by atoms with van der Waals surface area (Å²) in [4.78, 5) is 0. The van der Waals surface area contributed by atoms with Crippen LogP contribution in [0.1, 0.15) is 18.9 Å². The molecular formula is C13H17NO2. The Hall–Kier alpha value is -1.37. The van der Waals surface area contributed by atoms with Gasteiger partial charge < -0.3 is 9.47 Å². The van der Waals surface area contributed by atoms with E-state index in [9.17, 15) is 5.26 Å². The summed E-state index contributed by atoms with van der Waals surface area (Å²) < 4.78 is 10.3. The average molecular weight is 219 g/mol. The molecule has 3 nitrogen and oxygen atoms in total. The lowest BCUT2D eigenvalue weighted by Crippen LogP contribution is -2.28. The van der Waals surface area contributed by atoms with E-state index < -0.39 is 5.41 Å². The van der Waals surface area contributed by atoms with E-state index in [-0.39, 0.29) is 6.29 Å². The van der Waals surface area contributed by atoms with Crippen molar-refractivity contribution in [3.63, 3.8) is 0 Å². The van der Waals surface area contributed by atoms with Gasteiger partial charge in [-0.25, -0.2) is 0 Å². The van der Waals surface area contributed by atoms with Crippen LogP contribution in [0.4, 0.5) is 0 Å². The van der Waals surface area contributed by atoms with Crippen LogP contribution in [0.25, 0.3) is 0 Å². The Morgan fingerprint density at radius 2 is 1.81 bits per heavy atom. The van der Waals surface area contributed by atoms with Gasteiger partial charge in [-0.3, -0.25) is 0 Å². The van der Waals surface area contributed by atoms with Crippen molar-refractivity contribution in [1.82, 2.24) is 0 Å². The minimum Gasteiger partial charge on any atom is -0.356 e. The third-order valence-corrected chi connectivity index (χ3v) is 2.76. The van der Waals surface area contributed by atoms with Gasteiger partial charge in [0.25, 0.3) is 0 Å². The van der Waals surface area contributed by atoms with Crippen LogP contribution in [0.5, 0.6) is 0 Å². The molecule has 1 unspecified atom stereocenters. The molecule has 0 aliphatic heterocycles. The highest BCUT2D eigenvalue weighted by atomic mass is 16.7. The molecule has 86 valence electrons. The van der Waals surface area contributed by atoms with Crippen molar-refractivity contribution in [1.29, 1.82) is 5.26 Å². The second-order valence-corrected chi connectivity index (χ2v) is 3.92. The van der Waals surface area contributed by atoms with Crippen LogP contribution in [0, 0.1) is 11.3 Å². The Morgan fingerprint density at radius 1 is 1.25 bits per heavy atom. The molecule has 0 aliphatic carbocycles. The van der Waals surface area contributed by atoms with Crippen LogP contribution in [0.2, 0.25) is 0 Å². The molecule has 0 aromatic heterocycles. The van der Waals surface area contributed by atoms with E-state index >= 15 is 0 Å². The molecule has 1 rings (SSSR count). The van der Waals surface area contributed by atoms with Crippen LogP contribution in [0.3, 0.4) is 0 Å². The van der Waals surface area contributed by atoms with Gasteiger partial charge in [0.15, 0.2) is 6.29 Å². The summed E-state index contributed by atoms with van der Waals surface area (Å²) in [6, 6.07) is 12.0. The molecule has 0 saturated carbocycles. The van der Waals surface area contributed by atoms with E-state index in [0.717, 1.165) is 5.56 Å². The number of hydrogen-bond donors (Lipinski definition) is 0. The number of rotatable bonds is 5. The van der Waals surface area contributed by atoms with E-state index in [4.69, 9.17) is 9.47 Å². The average Bonchev–Trinajstić information content (AvgIpc) is 2.36. The van der Waals surface area contributed by atoms with Crippen molar-refractivity contribution in [3.05, 3.63) is 35.9 Å². The van der Waals surface area contributed by atoms with Gasteiger partial charge in [0.05, 0.1) is 11.5 Å². The molecule has 0 saturated heterocycles. The maximum atomic E-state index is 9.32. The second kappa shape index (κ2) is 5.64. The summed E-state index contributed by atoms with van der Waals surface area (Å²) in [5.41, 5.74) is 0.398. The first-order valence-electron chi connectivity index (χ1n) is 5.18. The van der Waals surface area contributed by atoms with Gasteiger partial charge in [-0.1, -0.05) is 30.3 Å². The maximum absolute atomic E-state index is 9.32. The van der Waals surface area contributed by atoms with Gasteiger partial charge in [-0.2, -0.15) is 5.26 Å². The SMILES string of the molecule is COC(CC(C)(C#N)c1ccccc1)OC. The maximum Gasteiger partial charge on any atom is 0.158 e. The zero-order chi connectivity index (χ0) is 12.0. The van der Waals surface area contributed by atoms with E-state index in [0.29, 0.717) is 6.42 Å². The van der Waals surface area contributed by atoms with Crippen molar-refractivity contribution >= 4 is 0 Å². The second-order valence-electron chi connectivity index (χ2n) is 3.92. The summed E-state index contributed by atoms with van der Waals surface area (Å²) in [5, 5.41) is 9.32. The molecule has 0 fully saturated rings. The van der Waals surface area contributed by atoms with E-state index in [1.54, 1.807) is 14.2 Å². The number of nitrogens with zero attached hydrogens (tertiary/aromatic N) is 1. The molecule has 0 heterocycles. The van der Waals surface area contributed by atoms with Crippen LogP contribution in [-0.2, 0) is 14.9 Å². The first kappa shape index (κ1) is 12.7. The molecule has 0 spiro atoms. The number of benzene rings is 1. The van der Waals surface area contributed by atoms with Gasteiger partial charge in [-0.15, -0.1) is 0 Å². The molecule has 1 aromatic rings. The Kier molecular flexibility index (Phi) is 4.48. The first-order chi connectivity index (χ1) is 7.66. The zero-order valence-corrected chi connectivity index (χ0v) is 9.93. The minimum absolute atomic E-state index is 0.357. The summed E-state index contributed by atoms with van der Waals surface area (Å²) >= 11 is 0. The standard InChI is InChI=1S/C13H17NO2/c1-13(10-14,9-12(15-2)16-3)11-7-5-4-6-8-11/h4-8,12H,9H2,1-3H3. The van der Waals surface area contributed by atoms with E-state index in [1.165, 1.54) is 0 Å². The first-order valence-corrected chi connectivity index (χ1v) is 5.18. The number of hydrogen-bond acceptors (Lipinski definition) is 3. The van der Waals surface area contributed by atoms with Gasteiger partial charge in [-0.05, 0) is 12.5 Å². The Labute approximate surface area is 96.6 Å². The zero-order valence-electron chi connectivity index (χ0n) is 9.93. The lowest BCUT2D eigenvalue weighted by Gasteiger charge is -2.26. The topological polar surface area (TPSA) is 42.2 Å². The van der Waals surface area contributed by atoms with Gasteiger partial charge in [0, 0.05) is 20.6 Å². The highest BCUT2D eigenvalue weighted by Crippen LogP contribution is 2.29. The number of nitriles is 1. The van der Waals surface area contributed by atoms with Crippen LogP contribution < -0.4 is 0 Å². The molecule has 0 amide bonds. The van der Waals surface area contributed by atoms with Crippen molar-refractivity contribution in [2.75, 3.05) is 14.2 Å². The number of methoxy groups -OCH3 is 2. The van der Waals surface area contributed by atoms with Crippen molar-refractivity contribution < 1.29 is 9.47 Å². The Bertz CT molecular complexity index is 354. The van der Waals surface area contributed by atoms with Crippen LogP contribution in [-0.4, -0.2) is 20.5 Å². The monoisotopic (exact) mass is 219 g/mol. The van der Waals surface area contributed by atoms with Gasteiger partial charge in [0.2, 0.25) is 0 Å². The molecule has 0 radical (unpaired) electrons. The third-order valence-electron chi connectivity index (χ3n) is 2.76. The molecule has 16 heavy (non-hydrogen) atoms. The van der Waals surface area contributed by atoms with Crippen LogP contribution >= 0.6 is 0 Å². The van der Waals surface area contributed by atoms with E-state index in [2.05, 4.69) is 6.07 Å². The predicted molar refractivity (Wildman–Crippen MR) is 61.8 cm³/mol. The summed E-state index contributed by atoms with van der Waals surface area (Å²) in [6.45, 7) is 1.90. The summed E-state index contributed by atoms with van der Waals surface area (Å²) in [5.74, 6) is 0. The van der Waals surface area contributed by atoms with Gasteiger partial charge >= 0.3 is 0 Å². The fourth-order valence-electron chi connectivity index (χ4n) is 1.63. The molecule has 1 atom stereocenters. The highest BCUT2D eigenvalue weighted by Gasteiger charge is 2.30. The lowest BCUT2D eigenvalue weighted by molar-refractivity contribution is -0.112. The van der Waals surface area contributed by atoms with Crippen molar-refractivity contribution in [3.8, 4) is 6.07 Å². The third kappa shape index (κ3) is 2.82. The lowest BCUT2D eigenvalue weighted by atomic mass is 9.81. The quantitative estimate of drug-likeness (QED) is 0.714. The normalized spacial score (nSPS) is 14.4. The smallest absolute Gasteiger partial charge is 0.158 e. The largest absolute Gasteiger partial charge is 0.356 e. The number of ether oxygens (including phenoxy) is 2. The summed E-state index contributed by atoms with van der Waals surface area (Å²) in [7, 11) is 3.16. The van der Waals surface area contributed by atoms with Crippen molar-refractivity contribution in [2.24, 2.45) is 0 Å². The Morgan fingerprint density at radius 3 is 2.25 bits per heavy atom. The van der Waals surface area contributed by atoms with Crippen LogP contribution in [0.15, 0.2) is 30.3 Å². The molecule has 0 aliphatic rings. The fraction of sp³-hybridized carbons (Fsp3) is 0.462.